The molecule has 5 nitrogen and oxygen atoms in total. The summed E-state index contributed by atoms with van der Waals surface area (Å²) in [5.74, 6) is 1.46. The molecule has 1 aromatic carbocycles. The van der Waals surface area contributed by atoms with Crippen LogP contribution in [0.25, 0.3) is 10.9 Å². The maximum absolute atomic E-state index is 13.4. The van der Waals surface area contributed by atoms with Crippen molar-refractivity contribution in [3.63, 3.8) is 0 Å². The van der Waals surface area contributed by atoms with Gasteiger partial charge in [0, 0.05) is 54.8 Å². The van der Waals surface area contributed by atoms with E-state index in [-0.39, 0.29) is 21.9 Å². The minimum atomic E-state index is -0.0206. The number of rotatable bonds is 3. The number of aromatic nitrogens is 1. The monoisotopic (exact) mass is 432 g/mol. The summed E-state index contributed by atoms with van der Waals surface area (Å²) in [6.07, 6.45) is 3.37. The van der Waals surface area contributed by atoms with Gasteiger partial charge in [-0.2, -0.15) is 17.9 Å². The number of nitriles is 1. The number of hydrogen-bond donors (Lipinski definition) is 1. The zero-order valence-corrected chi connectivity index (χ0v) is 19.4. The van der Waals surface area contributed by atoms with Gasteiger partial charge >= 0.3 is 0 Å². The number of thiol groups is 1. The molecule has 3 aliphatic rings. The Balaban J connectivity index is 1.38. The van der Waals surface area contributed by atoms with Crippen LogP contribution in [0.2, 0.25) is 5.31 Å². The molecule has 0 radical (unpaired) electrons. The Hall–Kier alpha value is -2.04. The Morgan fingerprint density at radius 2 is 2.16 bits per heavy atom. The Morgan fingerprint density at radius 1 is 1.35 bits per heavy atom. The van der Waals surface area contributed by atoms with Gasteiger partial charge in [0.05, 0.1) is 11.1 Å². The lowest BCUT2D eigenvalue weighted by Crippen LogP contribution is -2.43. The number of carbonyl (C=O) groups is 1. The topological polar surface area (TPSA) is 60.2 Å². The van der Waals surface area contributed by atoms with Crippen molar-refractivity contribution in [2.75, 3.05) is 33.2 Å². The van der Waals surface area contributed by atoms with Gasteiger partial charge in [-0.1, -0.05) is 19.1 Å². The third-order valence-electron chi connectivity index (χ3n) is 8.15. The first kappa shape index (κ1) is 20.8. The molecule has 0 N–H and O–H groups in total. The van der Waals surface area contributed by atoms with E-state index in [0.717, 1.165) is 43.5 Å². The fraction of sp³-hybridized carbons (Fsp3) is 0.542. The molecular formula is C24H29BN4OS. The van der Waals surface area contributed by atoms with Gasteiger partial charge in [-0.05, 0) is 48.3 Å². The fourth-order valence-corrected chi connectivity index (χ4v) is 7.17. The van der Waals surface area contributed by atoms with Crippen molar-refractivity contribution in [2.24, 2.45) is 11.8 Å². The molecule has 31 heavy (non-hydrogen) atoms. The van der Waals surface area contributed by atoms with Crippen molar-refractivity contribution < 1.29 is 4.79 Å². The van der Waals surface area contributed by atoms with Crippen molar-refractivity contribution in [2.45, 2.75) is 35.7 Å². The maximum atomic E-state index is 13.4. The zero-order valence-electron chi connectivity index (χ0n) is 18.5. The number of benzene rings is 1. The summed E-state index contributed by atoms with van der Waals surface area (Å²) in [7, 11) is 4.39. The van der Waals surface area contributed by atoms with Crippen molar-refractivity contribution in [3.05, 3.63) is 41.6 Å². The minimum absolute atomic E-state index is 0.000939. The van der Waals surface area contributed by atoms with Crippen LogP contribution < -0.4 is 0 Å². The molecule has 1 aromatic heterocycles. The Morgan fingerprint density at radius 3 is 2.87 bits per heavy atom. The van der Waals surface area contributed by atoms with Gasteiger partial charge in [0.2, 0.25) is 5.91 Å². The van der Waals surface area contributed by atoms with Gasteiger partial charge in [0.25, 0.3) is 0 Å². The Kier molecular flexibility index (Phi) is 4.87. The van der Waals surface area contributed by atoms with E-state index in [4.69, 9.17) is 12.6 Å². The summed E-state index contributed by atoms with van der Waals surface area (Å²) in [5.41, 5.74) is 2.57. The van der Waals surface area contributed by atoms with E-state index in [1.165, 1.54) is 5.56 Å². The summed E-state index contributed by atoms with van der Waals surface area (Å²) in [6.45, 7) is 5.80. The highest BCUT2D eigenvalue weighted by Crippen LogP contribution is 2.75. The lowest BCUT2D eigenvalue weighted by atomic mass is 9.74. The van der Waals surface area contributed by atoms with E-state index < -0.39 is 0 Å². The lowest BCUT2D eigenvalue weighted by Gasteiger charge is -2.38. The molecule has 1 amide bonds. The second-order valence-electron chi connectivity index (χ2n) is 10.3. The predicted octanol–water partition coefficient (Wildman–Crippen LogP) is 2.48. The van der Waals surface area contributed by atoms with E-state index in [2.05, 4.69) is 54.8 Å². The second-order valence-corrected chi connectivity index (χ2v) is 11.1. The molecule has 1 saturated carbocycles. The number of amides is 1. The normalized spacial score (nSPS) is 35.0. The number of carbonyl (C=O) groups excluding carboxylic acids is 1. The molecule has 1 aliphatic carbocycles. The van der Waals surface area contributed by atoms with Crippen molar-refractivity contribution in [1.82, 2.24) is 14.8 Å². The molecule has 2 saturated heterocycles. The number of fused-ring (bicyclic) bond motifs is 2. The molecule has 2 aromatic rings. The lowest BCUT2D eigenvalue weighted by molar-refractivity contribution is -0.133. The largest absolute Gasteiger partial charge is 0.342 e. The van der Waals surface area contributed by atoms with Crippen LogP contribution in [0.3, 0.4) is 0 Å². The summed E-state index contributed by atoms with van der Waals surface area (Å²) < 4.78 is -0.0206. The highest BCUT2D eigenvalue weighted by molar-refractivity contribution is 7.82. The molecule has 3 unspecified atom stereocenters. The van der Waals surface area contributed by atoms with Gasteiger partial charge < -0.3 is 9.80 Å². The van der Waals surface area contributed by atoms with Gasteiger partial charge in [-0.3, -0.25) is 9.78 Å². The molecule has 160 valence electrons. The molecule has 5 rings (SSSR count). The Labute approximate surface area is 190 Å². The molecule has 3 fully saturated rings. The molecule has 2 aliphatic heterocycles. The van der Waals surface area contributed by atoms with Gasteiger partial charge in [0.1, 0.15) is 13.9 Å². The fourth-order valence-electron chi connectivity index (χ4n) is 6.40. The van der Waals surface area contributed by atoms with Gasteiger partial charge in [0.15, 0.2) is 0 Å². The first-order valence-electron chi connectivity index (χ1n) is 11.2. The first-order chi connectivity index (χ1) is 14.8. The predicted molar refractivity (Wildman–Crippen MR) is 128 cm³/mol. The molecule has 0 bridgehead atoms. The number of likely N-dealkylation sites (tertiary alicyclic amines) is 2. The number of hydrogen-bond acceptors (Lipinski definition) is 5. The average Bonchev–Trinajstić information content (AvgIpc) is 3.00. The van der Waals surface area contributed by atoms with Crippen LogP contribution in [-0.4, -0.2) is 66.5 Å². The van der Waals surface area contributed by atoms with Crippen molar-refractivity contribution >= 4 is 37.3 Å². The highest BCUT2D eigenvalue weighted by Gasteiger charge is 2.74. The Bertz CT molecular complexity index is 1100. The summed E-state index contributed by atoms with van der Waals surface area (Å²) in [5, 5.41) is 10.5. The van der Waals surface area contributed by atoms with Gasteiger partial charge in [-0.25, -0.2) is 0 Å². The van der Waals surface area contributed by atoms with Crippen molar-refractivity contribution in [1.29, 1.82) is 5.26 Å². The van der Waals surface area contributed by atoms with E-state index >= 15 is 0 Å². The third-order valence-corrected chi connectivity index (χ3v) is 9.11. The smallest absolute Gasteiger partial charge is 0.222 e. The SMILES string of the molecule is BC1(CC(=O)N2CC(C)C[C@@H](c3ccc(C#N)c4ncccc34)C2)C2CN(C)C[C@]21S. The van der Waals surface area contributed by atoms with Crippen LogP contribution in [0.1, 0.15) is 36.8 Å². The van der Waals surface area contributed by atoms with E-state index in [0.29, 0.717) is 23.8 Å². The number of piperidine rings is 2. The quantitative estimate of drug-likeness (QED) is 0.598. The van der Waals surface area contributed by atoms with E-state index in [1.54, 1.807) is 6.20 Å². The van der Waals surface area contributed by atoms with Crippen LogP contribution in [0.5, 0.6) is 0 Å². The summed E-state index contributed by atoms with van der Waals surface area (Å²) in [6, 6.07) is 10.2. The van der Waals surface area contributed by atoms with Crippen LogP contribution in [0.4, 0.5) is 0 Å². The molecule has 5 atom stereocenters. The number of pyridine rings is 1. The summed E-state index contributed by atoms with van der Waals surface area (Å²) in [4.78, 5) is 22.3. The molecule has 3 heterocycles. The maximum Gasteiger partial charge on any atom is 0.222 e. The van der Waals surface area contributed by atoms with E-state index in [9.17, 15) is 10.1 Å². The van der Waals surface area contributed by atoms with Crippen molar-refractivity contribution in [3.8, 4) is 6.07 Å². The van der Waals surface area contributed by atoms with Crippen LogP contribution in [0.15, 0.2) is 30.5 Å². The first-order valence-corrected chi connectivity index (χ1v) is 11.7. The van der Waals surface area contributed by atoms with Gasteiger partial charge in [-0.15, -0.1) is 0 Å². The minimum Gasteiger partial charge on any atom is -0.342 e. The standard InChI is InChI=1S/C24H29BN4OS/c1-15-8-17(18-6-5-16(10-26)22-19(18)4-3-7-27-22)12-29(11-15)21(30)9-23(25)20-13-28(2)14-24(20,23)31/h3-7,15,17,20,31H,8-9,11-14,25H2,1-2H3/t15?,17-,20?,23?,24+/m1/s1. The summed E-state index contributed by atoms with van der Waals surface area (Å²) >= 11 is 5.01. The number of nitrogens with zero attached hydrogens (tertiary/aromatic N) is 4. The molecule has 7 heteroatoms. The third kappa shape index (κ3) is 3.18. The van der Waals surface area contributed by atoms with Crippen LogP contribution in [0, 0.1) is 23.2 Å². The van der Waals surface area contributed by atoms with Crippen LogP contribution in [-0.2, 0) is 4.79 Å². The van der Waals surface area contributed by atoms with Crippen LogP contribution >= 0.6 is 12.6 Å². The molecular weight excluding hydrogens is 403 g/mol. The van der Waals surface area contributed by atoms with E-state index in [1.807, 2.05) is 12.1 Å². The molecule has 0 spiro atoms. The highest BCUT2D eigenvalue weighted by atomic mass is 32.1. The average molecular weight is 432 g/mol. The zero-order chi connectivity index (χ0) is 22.0. The second kappa shape index (κ2) is 7.25.